The lowest BCUT2D eigenvalue weighted by atomic mass is 9.65. The number of halogens is 2. The number of fused-ring (bicyclic) bond motifs is 3. The molecule has 1 aromatic carbocycles. The molecule has 1 saturated carbocycles. The Labute approximate surface area is 191 Å². The maximum atomic E-state index is 13.9. The number of alkyl halides is 2. The van der Waals surface area contributed by atoms with E-state index in [4.69, 9.17) is 4.74 Å². The fraction of sp³-hybridized carbons (Fsp3) is 0.480. The molecule has 1 aliphatic heterocycles. The van der Waals surface area contributed by atoms with Crippen molar-refractivity contribution in [3.63, 3.8) is 0 Å². The number of rotatable bonds is 4. The lowest BCUT2D eigenvalue weighted by molar-refractivity contribution is 0.0709. The molecule has 2 aliphatic rings. The smallest absolute Gasteiger partial charge is 0.280 e. The molecule has 1 amide bonds. The molecule has 2 fully saturated rings. The monoisotopic (exact) mass is 454 g/mol. The van der Waals surface area contributed by atoms with Crippen LogP contribution in [0.5, 0.6) is 5.75 Å². The van der Waals surface area contributed by atoms with Gasteiger partial charge in [0.25, 0.3) is 12.3 Å². The van der Waals surface area contributed by atoms with Crippen molar-refractivity contribution in [1.29, 1.82) is 0 Å². The molecule has 1 saturated heterocycles. The van der Waals surface area contributed by atoms with Crippen molar-refractivity contribution in [3.8, 4) is 17.0 Å². The summed E-state index contributed by atoms with van der Waals surface area (Å²) in [6, 6.07) is 8.49. The summed E-state index contributed by atoms with van der Waals surface area (Å²) in [6.07, 6.45) is 1.57. The molecular formula is C25H28F2N4O2. The molecule has 2 aromatic heterocycles. The zero-order chi connectivity index (χ0) is 23.5. The fourth-order valence-electron chi connectivity index (χ4n) is 6.05. The average Bonchev–Trinajstić information content (AvgIpc) is 3.29. The number of hydrogen-bond acceptors (Lipinski definition) is 4. The molecule has 3 aromatic rings. The topological polar surface area (TPSA) is 59.7 Å². The third-order valence-electron chi connectivity index (χ3n) is 7.01. The van der Waals surface area contributed by atoms with Crippen molar-refractivity contribution in [2.75, 3.05) is 13.7 Å². The zero-order valence-corrected chi connectivity index (χ0v) is 19.3. The fourth-order valence-corrected chi connectivity index (χ4v) is 6.05. The lowest BCUT2D eigenvalue weighted by Crippen LogP contribution is -2.37. The molecule has 174 valence electrons. The van der Waals surface area contributed by atoms with Gasteiger partial charge in [0.15, 0.2) is 5.65 Å². The molecule has 33 heavy (non-hydrogen) atoms. The minimum Gasteiger partial charge on any atom is -0.497 e. The van der Waals surface area contributed by atoms with Gasteiger partial charge in [-0.3, -0.25) is 4.79 Å². The minimum atomic E-state index is -2.76. The van der Waals surface area contributed by atoms with Crippen molar-refractivity contribution in [2.24, 2.45) is 10.8 Å². The standard InChI is InChI=1S/C25H28F2N4O2/c1-24(2)10-16-11-25(3,13-24)14-30(16)23(32)18-12-28-31-20(21(26)27)9-19(29-22(18)31)15-5-7-17(33-4)8-6-15/h5-9,12,16,21H,10-11,13-14H2,1-4H3/t16-,25+/m0/s1. The highest BCUT2D eigenvalue weighted by molar-refractivity contribution is 6.00. The summed E-state index contributed by atoms with van der Waals surface area (Å²) in [5, 5.41) is 4.13. The van der Waals surface area contributed by atoms with E-state index in [2.05, 4.69) is 30.9 Å². The number of amides is 1. The maximum Gasteiger partial charge on any atom is 0.280 e. The Kier molecular flexibility index (Phi) is 4.95. The van der Waals surface area contributed by atoms with Crippen molar-refractivity contribution >= 4 is 11.6 Å². The highest BCUT2D eigenvalue weighted by Gasteiger charge is 2.51. The molecule has 5 rings (SSSR count). The van der Waals surface area contributed by atoms with Crippen LogP contribution in [0.25, 0.3) is 16.9 Å². The Morgan fingerprint density at radius 1 is 1.18 bits per heavy atom. The third kappa shape index (κ3) is 3.75. The molecule has 6 nitrogen and oxygen atoms in total. The number of likely N-dealkylation sites (tertiary alicyclic amines) is 1. The normalized spacial score (nSPS) is 24.0. The maximum absolute atomic E-state index is 13.9. The van der Waals surface area contributed by atoms with Gasteiger partial charge < -0.3 is 9.64 Å². The summed E-state index contributed by atoms with van der Waals surface area (Å²) in [4.78, 5) is 20.2. The van der Waals surface area contributed by atoms with Gasteiger partial charge in [0.2, 0.25) is 0 Å². The van der Waals surface area contributed by atoms with E-state index in [9.17, 15) is 13.6 Å². The van der Waals surface area contributed by atoms with Crippen LogP contribution in [0.1, 0.15) is 62.5 Å². The first-order chi connectivity index (χ1) is 15.6. The van der Waals surface area contributed by atoms with Crippen LogP contribution in [-0.2, 0) is 0 Å². The van der Waals surface area contributed by atoms with Gasteiger partial charge in [0.1, 0.15) is 17.0 Å². The van der Waals surface area contributed by atoms with E-state index >= 15 is 0 Å². The summed E-state index contributed by atoms with van der Waals surface area (Å²) < 4.78 is 34.1. The van der Waals surface area contributed by atoms with E-state index < -0.39 is 6.43 Å². The third-order valence-corrected chi connectivity index (χ3v) is 7.01. The molecule has 0 N–H and O–H groups in total. The van der Waals surface area contributed by atoms with Crippen LogP contribution in [0.4, 0.5) is 8.78 Å². The van der Waals surface area contributed by atoms with Crippen LogP contribution < -0.4 is 4.74 Å². The molecule has 2 bridgehead atoms. The Bertz CT molecular complexity index is 1220. The van der Waals surface area contributed by atoms with Crippen molar-refractivity contribution in [3.05, 3.63) is 47.8 Å². The van der Waals surface area contributed by atoms with Gasteiger partial charge in [-0.15, -0.1) is 0 Å². The van der Waals surface area contributed by atoms with Gasteiger partial charge in [-0.1, -0.05) is 20.8 Å². The Morgan fingerprint density at radius 2 is 1.91 bits per heavy atom. The second kappa shape index (κ2) is 7.50. The van der Waals surface area contributed by atoms with E-state index in [0.717, 1.165) is 23.8 Å². The molecular weight excluding hydrogens is 426 g/mol. The summed E-state index contributed by atoms with van der Waals surface area (Å²) in [7, 11) is 1.56. The van der Waals surface area contributed by atoms with Gasteiger partial charge in [-0.25, -0.2) is 18.3 Å². The van der Waals surface area contributed by atoms with Crippen LogP contribution in [0.3, 0.4) is 0 Å². The van der Waals surface area contributed by atoms with E-state index in [1.54, 1.807) is 31.4 Å². The number of hydrogen-bond donors (Lipinski definition) is 0. The quantitative estimate of drug-likeness (QED) is 0.531. The Morgan fingerprint density at radius 3 is 2.58 bits per heavy atom. The lowest BCUT2D eigenvalue weighted by Gasteiger charge is -2.39. The summed E-state index contributed by atoms with van der Waals surface area (Å²) in [5.74, 6) is 0.474. The first-order valence-electron chi connectivity index (χ1n) is 11.2. The van der Waals surface area contributed by atoms with Crippen molar-refractivity contribution in [1.82, 2.24) is 19.5 Å². The highest BCUT2D eigenvalue weighted by atomic mass is 19.3. The van der Waals surface area contributed by atoms with E-state index in [1.165, 1.54) is 12.3 Å². The predicted molar refractivity (Wildman–Crippen MR) is 120 cm³/mol. The molecule has 1 aliphatic carbocycles. The number of nitrogens with zero attached hydrogens (tertiary/aromatic N) is 4. The van der Waals surface area contributed by atoms with Gasteiger partial charge in [-0.05, 0) is 60.4 Å². The van der Waals surface area contributed by atoms with Crippen molar-refractivity contribution in [2.45, 2.75) is 52.5 Å². The van der Waals surface area contributed by atoms with Crippen LogP contribution in [0.15, 0.2) is 36.5 Å². The minimum absolute atomic E-state index is 0.0703. The van der Waals surface area contributed by atoms with Crippen LogP contribution >= 0.6 is 0 Å². The molecule has 0 radical (unpaired) electrons. The average molecular weight is 455 g/mol. The van der Waals surface area contributed by atoms with E-state index in [0.29, 0.717) is 23.6 Å². The summed E-state index contributed by atoms with van der Waals surface area (Å²) in [5.41, 5.74) is 1.39. The molecule has 0 spiro atoms. The number of ether oxygens (including phenoxy) is 1. The Hall–Kier alpha value is -3.03. The number of carbonyl (C=O) groups excluding carboxylic acids is 1. The molecule has 8 heteroatoms. The first kappa shape index (κ1) is 21.8. The molecule has 3 heterocycles. The second-order valence-electron chi connectivity index (χ2n) is 10.5. The SMILES string of the molecule is COc1ccc(-c2cc(C(F)F)n3ncc(C(=O)N4C[C@]5(C)C[C@@H]4CC(C)(C)C5)c3n2)cc1. The van der Waals surface area contributed by atoms with Gasteiger partial charge in [0.05, 0.1) is 19.0 Å². The summed E-state index contributed by atoms with van der Waals surface area (Å²) >= 11 is 0. The van der Waals surface area contributed by atoms with Crippen LogP contribution in [-0.4, -0.2) is 45.1 Å². The van der Waals surface area contributed by atoms with Gasteiger partial charge in [0, 0.05) is 18.2 Å². The molecule has 2 atom stereocenters. The highest BCUT2D eigenvalue weighted by Crippen LogP contribution is 2.52. The van der Waals surface area contributed by atoms with E-state index in [-0.39, 0.29) is 39.7 Å². The zero-order valence-electron chi connectivity index (χ0n) is 19.3. The van der Waals surface area contributed by atoms with Crippen LogP contribution in [0, 0.1) is 10.8 Å². The number of carbonyl (C=O) groups is 1. The second-order valence-corrected chi connectivity index (χ2v) is 10.5. The van der Waals surface area contributed by atoms with Gasteiger partial charge in [-0.2, -0.15) is 5.10 Å². The summed E-state index contributed by atoms with van der Waals surface area (Å²) in [6.45, 7) is 7.40. The largest absolute Gasteiger partial charge is 0.497 e. The van der Waals surface area contributed by atoms with Crippen LogP contribution in [0.2, 0.25) is 0 Å². The molecule has 0 unspecified atom stereocenters. The van der Waals surface area contributed by atoms with Gasteiger partial charge >= 0.3 is 0 Å². The van der Waals surface area contributed by atoms with E-state index in [1.807, 2.05) is 4.90 Å². The van der Waals surface area contributed by atoms with Crippen molar-refractivity contribution < 1.29 is 18.3 Å². The first-order valence-corrected chi connectivity index (χ1v) is 11.2. The number of aromatic nitrogens is 3. The Balaban J connectivity index is 1.58. The number of methoxy groups -OCH3 is 1. The predicted octanol–water partition coefficient (Wildman–Crippen LogP) is 5.38. The number of benzene rings is 1.